The van der Waals surface area contributed by atoms with Gasteiger partial charge in [-0.2, -0.15) is 5.26 Å². The molecule has 0 radical (unpaired) electrons. The number of hydrogen-bond acceptors (Lipinski definition) is 3. The number of carboxylic acid groups (broad SMARTS) is 1. The van der Waals surface area contributed by atoms with E-state index in [4.69, 9.17) is 16.3 Å². The van der Waals surface area contributed by atoms with Crippen LogP contribution >= 0.6 is 11.6 Å². The van der Waals surface area contributed by atoms with Crippen LogP contribution in [0.1, 0.15) is 18.4 Å². The predicted octanol–water partition coefficient (Wildman–Crippen LogP) is 2.32. The Hall–Kier alpha value is -1.57. The predicted molar refractivity (Wildman–Crippen MR) is 70.0 cm³/mol. The number of benzene rings is 1. The summed E-state index contributed by atoms with van der Waals surface area (Å²) in [5, 5.41) is 19.2. The molecule has 0 saturated carbocycles. The van der Waals surface area contributed by atoms with E-state index in [1.54, 1.807) is 30.3 Å². The van der Waals surface area contributed by atoms with Crippen LogP contribution in [0, 0.1) is 11.3 Å². The van der Waals surface area contributed by atoms with E-state index >= 15 is 0 Å². The summed E-state index contributed by atoms with van der Waals surface area (Å²) in [6.07, 6.45) is 0.673. The van der Waals surface area contributed by atoms with E-state index in [-0.39, 0.29) is 0 Å². The molecule has 0 amide bonds. The molecule has 5 heteroatoms. The number of hydrogen-bond donors (Lipinski definition) is 1. The normalized spacial score (nSPS) is 21.1. The van der Waals surface area contributed by atoms with Crippen molar-refractivity contribution in [1.29, 1.82) is 5.26 Å². The van der Waals surface area contributed by atoms with E-state index in [1.807, 2.05) is 6.07 Å². The number of ether oxygens (including phenoxy) is 1. The van der Waals surface area contributed by atoms with Crippen molar-refractivity contribution in [3.63, 3.8) is 0 Å². The zero-order valence-corrected chi connectivity index (χ0v) is 11.1. The van der Waals surface area contributed by atoms with Crippen LogP contribution in [-0.4, -0.2) is 29.2 Å². The molecule has 1 heterocycles. The van der Waals surface area contributed by atoms with Gasteiger partial charge in [0.1, 0.15) is 0 Å². The average molecular weight is 280 g/mol. The minimum Gasteiger partial charge on any atom is -0.480 e. The summed E-state index contributed by atoms with van der Waals surface area (Å²) >= 11 is 6.54. The molecule has 1 unspecified atom stereocenters. The second-order valence-corrected chi connectivity index (χ2v) is 5.33. The van der Waals surface area contributed by atoms with Crippen molar-refractivity contribution in [2.75, 3.05) is 13.2 Å². The highest BCUT2D eigenvalue weighted by Crippen LogP contribution is 2.46. The highest BCUT2D eigenvalue weighted by Gasteiger charge is 2.58. The van der Waals surface area contributed by atoms with E-state index in [0.717, 1.165) is 0 Å². The Labute approximate surface area is 116 Å². The van der Waals surface area contributed by atoms with Gasteiger partial charge in [-0.05, 0) is 18.4 Å². The third kappa shape index (κ3) is 2.09. The molecule has 0 bridgehead atoms. The average Bonchev–Trinajstić information content (AvgIpc) is 2.41. The van der Waals surface area contributed by atoms with Gasteiger partial charge in [0.05, 0.1) is 10.9 Å². The molecule has 1 aliphatic heterocycles. The molecule has 1 aliphatic rings. The molecule has 1 aromatic rings. The van der Waals surface area contributed by atoms with E-state index in [1.165, 1.54) is 0 Å². The van der Waals surface area contributed by atoms with Crippen LogP contribution < -0.4 is 0 Å². The molecule has 1 aromatic carbocycles. The summed E-state index contributed by atoms with van der Waals surface area (Å²) in [5.41, 5.74) is -1.33. The van der Waals surface area contributed by atoms with Gasteiger partial charge in [-0.15, -0.1) is 11.6 Å². The summed E-state index contributed by atoms with van der Waals surface area (Å²) in [4.78, 5) is 10.7. The van der Waals surface area contributed by atoms with E-state index < -0.39 is 16.3 Å². The molecule has 0 aliphatic carbocycles. The van der Waals surface area contributed by atoms with Gasteiger partial charge in [-0.25, -0.2) is 0 Å². The summed E-state index contributed by atoms with van der Waals surface area (Å²) in [6.45, 7) is 0.736. The van der Waals surface area contributed by atoms with Crippen LogP contribution in [0.3, 0.4) is 0 Å². The lowest BCUT2D eigenvalue weighted by Crippen LogP contribution is -2.55. The first-order chi connectivity index (χ1) is 9.07. The largest absolute Gasteiger partial charge is 0.480 e. The summed E-state index contributed by atoms with van der Waals surface area (Å²) in [7, 11) is 0. The second kappa shape index (κ2) is 5.20. The number of nitrogens with zero attached hydrogens (tertiary/aromatic N) is 1. The van der Waals surface area contributed by atoms with Gasteiger partial charge in [0.2, 0.25) is 0 Å². The number of rotatable bonds is 3. The lowest BCUT2D eigenvalue weighted by Gasteiger charge is -2.41. The second-order valence-electron chi connectivity index (χ2n) is 4.61. The Morgan fingerprint density at radius 3 is 2.42 bits per heavy atom. The first kappa shape index (κ1) is 13.9. The van der Waals surface area contributed by atoms with Crippen molar-refractivity contribution >= 4 is 17.6 Å². The van der Waals surface area contributed by atoms with Crippen molar-refractivity contribution in [2.45, 2.75) is 23.1 Å². The molecule has 100 valence electrons. The standard InChI is InChI=1S/C14H14ClNO3/c15-13(6-8-19-9-7-13)14(10-16,12(17)18)11-4-2-1-3-5-11/h1-5H,6-9H2,(H,17,18). The van der Waals surface area contributed by atoms with Crippen LogP contribution in [0.15, 0.2) is 30.3 Å². The van der Waals surface area contributed by atoms with Crippen LogP contribution in [0.5, 0.6) is 0 Å². The monoisotopic (exact) mass is 279 g/mol. The van der Waals surface area contributed by atoms with Crippen LogP contribution in [0.4, 0.5) is 0 Å². The Bertz CT molecular complexity index is 505. The summed E-state index contributed by atoms with van der Waals surface area (Å²) in [5.74, 6) is -1.21. The Morgan fingerprint density at radius 2 is 1.95 bits per heavy atom. The maximum Gasteiger partial charge on any atom is 0.330 e. The first-order valence-electron chi connectivity index (χ1n) is 6.04. The molecule has 0 aromatic heterocycles. The van der Waals surface area contributed by atoms with E-state index in [0.29, 0.717) is 31.6 Å². The minimum atomic E-state index is -1.75. The molecular formula is C14H14ClNO3. The fourth-order valence-electron chi connectivity index (χ4n) is 2.54. The van der Waals surface area contributed by atoms with Crippen molar-refractivity contribution in [1.82, 2.24) is 0 Å². The fourth-order valence-corrected chi connectivity index (χ4v) is 2.93. The molecule has 4 nitrogen and oxygen atoms in total. The molecule has 2 rings (SSSR count). The fraction of sp³-hybridized carbons (Fsp3) is 0.429. The van der Waals surface area contributed by atoms with Crippen LogP contribution in [-0.2, 0) is 14.9 Å². The Balaban J connectivity index is 2.58. The minimum absolute atomic E-state index is 0.337. The van der Waals surface area contributed by atoms with Gasteiger partial charge >= 0.3 is 5.97 Å². The zero-order chi connectivity index (χ0) is 13.9. The Kier molecular flexibility index (Phi) is 3.79. The van der Waals surface area contributed by atoms with Crippen LogP contribution in [0.25, 0.3) is 0 Å². The van der Waals surface area contributed by atoms with E-state index in [2.05, 4.69) is 0 Å². The van der Waals surface area contributed by atoms with Gasteiger partial charge in [-0.1, -0.05) is 30.3 Å². The highest BCUT2D eigenvalue weighted by atomic mass is 35.5. The van der Waals surface area contributed by atoms with E-state index in [9.17, 15) is 15.2 Å². The molecule has 0 spiro atoms. The molecule has 1 N–H and O–H groups in total. The Morgan fingerprint density at radius 1 is 1.37 bits per heavy atom. The van der Waals surface area contributed by atoms with Crippen LogP contribution in [0.2, 0.25) is 0 Å². The third-order valence-electron chi connectivity index (χ3n) is 3.65. The number of carbonyl (C=O) groups is 1. The van der Waals surface area contributed by atoms with Crippen molar-refractivity contribution in [3.05, 3.63) is 35.9 Å². The maximum atomic E-state index is 11.8. The number of alkyl halides is 1. The van der Waals surface area contributed by atoms with Gasteiger partial charge in [-0.3, -0.25) is 4.79 Å². The maximum absolute atomic E-state index is 11.8. The number of halogens is 1. The van der Waals surface area contributed by atoms with Gasteiger partial charge in [0.15, 0.2) is 5.41 Å². The zero-order valence-electron chi connectivity index (χ0n) is 10.3. The summed E-state index contributed by atoms with van der Waals surface area (Å²) < 4.78 is 5.23. The number of carboxylic acids is 1. The smallest absolute Gasteiger partial charge is 0.330 e. The number of aliphatic carboxylic acids is 1. The lowest BCUT2D eigenvalue weighted by molar-refractivity contribution is -0.144. The third-order valence-corrected chi connectivity index (χ3v) is 4.31. The highest BCUT2D eigenvalue weighted by molar-refractivity contribution is 6.27. The quantitative estimate of drug-likeness (QED) is 0.862. The molecule has 1 atom stereocenters. The molecule has 1 saturated heterocycles. The van der Waals surface area contributed by atoms with Gasteiger partial charge < -0.3 is 9.84 Å². The van der Waals surface area contributed by atoms with Gasteiger partial charge in [0.25, 0.3) is 0 Å². The first-order valence-corrected chi connectivity index (χ1v) is 6.41. The van der Waals surface area contributed by atoms with Gasteiger partial charge in [0, 0.05) is 13.2 Å². The van der Waals surface area contributed by atoms with Crippen molar-refractivity contribution in [3.8, 4) is 6.07 Å². The summed E-state index contributed by atoms with van der Waals surface area (Å²) in [6, 6.07) is 10.4. The molecular weight excluding hydrogens is 266 g/mol. The molecule has 19 heavy (non-hydrogen) atoms. The lowest BCUT2D eigenvalue weighted by atomic mass is 9.67. The number of nitriles is 1. The van der Waals surface area contributed by atoms with Crippen molar-refractivity contribution < 1.29 is 14.6 Å². The SMILES string of the molecule is N#CC(C(=O)O)(c1ccccc1)C1(Cl)CCOCC1. The molecule has 1 fully saturated rings. The topological polar surface area (TPSA) is 70.3 Å². The van der Waals surface area contributed by atoms with Crippen molar-refractivity contribution in [2.24, 2.45) is 0 Å².